The van der Waals surface area contributed by atoms with E-state index in [2.05, 4.69) is 4.98 Å². The molecule has 0 atom stereocenters. The first kappa shape index (κ1) is 10.7. The molecule has 1 aliphatic heterocycles. The maximum atomic E-state index is 11.6. The van der Waals surface area contributed by atoms with Crippen molar-refractivity contribution in [2.45, 2.75) is 6.42 Å². The third-order valence-electron chi connectivity index (χ3n) is 2.88. The molecule has 1 aromatic heterocycles. The number of amides is 1. The van der Waals surface area contributed by atoms with E-state index in [0.717, 1.165) is 21.8 Å². The molecule has 0 saturated carbocycles. The van der Waals surface area contributed by atoms with Crippen molar-refractivity contribution in [1.29, 1.82) is 0 Å². The summed E-state index contributed by atoms with van der Waals surface area (Å²) in [5, 5.41) is 3.21. The molecule has 0 unspecified atom stereocenters. The van der Waals surface area contributed by atoms with E-state index in [1.54, 1.807) is 17.3 Å². The topological polar surface area (TPSA) is 33.2 Å². The molecule has 0 radical (unpaired) electrons. The highest BCUT2D eigenvalue weighted by atomic mass is 35.5. The fourth-order valence-electron chi connectivity index (χ4n) is 1.99. The van der Waals surface area contributed by atoms with Crippen LogP contribution in [0.2, 0.25) is 5.15 Å². The number of nitrogens with zero attached hydrogens (tertiary/aromatic N) is 2. The van der Waals surface area contributed by atoms with Gasteiger partial charge in [-0.1, -0.05) is 11.6 Å². The first-order valence-corrected chi connectivity index (χ1v) is 6.42. The van der Waals surface area contributed by atoms with Gasteiger partial charge in [0.2, 0.25) is 5.91 Å². The third kappa shape index (κ3) is 1.73. The van der Waals surface area contributed by atoms with Crippen molar-refractivity contribution in [3.8, 4) is 10.6 Å². The molecule has 0 bridgehead atoms. The number of hydrogen-bond donors (Lipinski definition) is 0. The molecule has 0 N–H and O–H groups in total. The van der Waals surface area contributed by atoms with Gasteiger partial charge in [-0.3, -0.25) is 4.79 Å². The number of benzene rings is 1. The van der Waals surface area contributed by atoms with Crippen LogP contribution in [-0.2, 0) is 11.2 Å². The summed E-state index contributed by atoms with van der Waals surface area (Å²) in [6, 6.07) is 5.96. The van der Waals surface area contributed by atoms with E-state index in [9.17, 15) is 4.79 Å². The Hall–Kier alpha value is -1.39. The van der Waals surface area contributed by atoms with E-state index in [1.165, 1.54) is 11.3 Å². The number of thiazole rings is 1. The lowest BCUT2D eigenvalue weighted by atomic mass is 10.1. The minimum Gasteiger partial charge on any atom is -0.315 e. The summed E-state index contributed by atoms with van der Waals surface area (Å²) in [6.45, 7) is 0. The number of aromatic nitrogens is 1. The Kier molecular flexibility index (Phi) is 2.42. The second kappa shape index (κ2) is 3.82. The van der Waals surface area contributed by atoms with Gasteiger partial charge >= 0.3 is 0 Å². The summed E-state index contributed by atoms with van der Waals surface area (Å²) >= 11 is 7.32. The van der Waals surface area contributed by atoms with Gasteiger partial charge in [-0.25, -0.2) is 4.98 Å². The normalized spacial score (nSPS) is 14.2. The lowest BCUT2D eigenvalue weighted by Crippen LogP contribution is -2.20. The molecule has 0 saturated heterocycles. The van der Waals surface area contributed by atoms with Crippen LogP contribution in [0, 0.1) is 0 Å². The maximum absolute atomic E-state index is 11.6. The minimum absolute atomic E-state index is 0.134. The van der Waals surface area contributed by atoms with Gasteiger partial charge in [0, 0.05) is 23.7 Å². The summed E-state index contributed by atoms with van der Waals surface area (Å²) in [5.74, 6) is 0.134. The molecule has 3 nitrogen and oxygen atoms in total. The van der Waals surface area contributed by atoms with Gasteiger partial charge in [0.15, 0.2) is 0 Å². The Labute approximate surface area is 108 Å². The van der Waals surface area contributed by atoms with Crippen molar-refractivity contribution in [2.24, 2.45) is 0 Å². The van der Waals surface area contributed by atoms with E-state index in [4.69, 9.17) is 11.6 Å². The lowest BCUT2D eigenvalue weighted by molar-refractivity contribution is -0.117. The average molecular weight is 265 g/mol. The maximum Gasteiger partial charge on any atom is 0.231 e. The van der Waals surface area contributed by atoms with Crippen molar-refractivity contribution in [3.63, 3.8) is 0 Å². The van der Waals surface area contributed by atoms with Gasteiger partial charge in [0.05, 0.1) is 6.42 Å². The number of halogens is 1. The summed E-state index contributed by atoms with van der Waals surface area (Å²) in [4.78, 5) is 17.5. The van der Waals surface area contributed by atoms with Gasteiger partial charge in [0.25, 0.3) is 0 Å². The number of likely N-dealkylation sites (N-methyl/N-ethyl adjacent to an activating group) is 1. The quantitative estimate of drug-likeness (QED) is 0.793. The molecule has 5 heteroatoms. The summed E-state index contributed by atoms with van der Waals surface area (Å²) in [7, 11) is 1.80. The fourth-order valence-corrected chi connectivity index (χ4v) is 2.93. The Bertz CT molecular complexity index is 608. The highest BCUT2D eigenvalue weighted by Gasteiger charge is 2.24. The smallest absolute Gasteiger partial charge is 0.231 e. The van der Waals surface area contributed by atoms with Crippen LogP contribution in [0.1, 0.15) is 5.56 Å². The average Bonchev–Trinajstić information content (AvgIpc) is 2.85. The monoisotopic (exact) mass is 264 g/mol. The molecule has 0 aliphatic carbocycles. The Morgan fingerprint density at radius 3 is 3.00 bits per heavy atom. The molecule has 17 heavy (non-hydrogen) atoms. The second-order valence-electron chi connectivity index (χ2n) is 3.95. The highest BCUT2D eigenvalue weighted by molar-refractivity contribution is 7.13. The molecular formula is C12H9ClN2OS. The summed E-state index contributed by atoms with van der Waals surface area (Å²) < 4.78 is 0. The van der Waals surface area contributed by atoms with Crippen molar-refractivity contribution in [1.82, 2.24) is 4.98 Å². The van der Waals surface area contributed by atoms with E-state index >= 15 is 0 Å². The number of carbonyl (C=O) groups excluding carboxylic acids is 1. The minimum atomic E-state index is 0.134. The Morgan fingerprint density at radius 1 is 1.47 bits per heavy atom. The van der Waals surface area contributed by atoms with Crippen LogP contribution in [0.5, 0.6) is 0 Å². The molecule has 0 spiro atoms. The van der Waals surface area contributed by atoms with E-state index in [-0.39, 0.29) is 5.91 Å². The lowest BCUT2D eigenvalue weighted by Gasteiger charge is -2.09. The first-order valence-electron chi connectivity index (χ1n) is 5.16. The largest absolute Gasteiger partial charge is 0.315 e. The van der Waals surface area contributed by atoms with Gasteiger partial charge in [-0.05, 0) is 23.8 Å². The molecular weight excluding hydrogens is 256 g/mol. The van der Waals surface area contributed by atoms with Crippen LogP contribution < -0.4 is 4.90 Å². The number of carbonyl (C=O) groups is 1. The molecule has 3 rings (SSSR count). The SMILES string of the molecule is CN1C(=O)Cc2cc(-c3nc(Cl)cs3)ccc21. The van der Waals surface area contributed by atoms with Crippen LogP contribution in [0.15, 0.2) is 23.6 Å². The Morgan fingerprint density at radius 2 is 2.29 bits per heavy atom. The van der Waals surface area contributed by atoms with Crippen LogP contribution in [0.3, 0.4) is 0 Å². The van der Waals surface area contributed by atoms with Crippen molar-refractivity contribution >= 4 is 34.5 Å². The molecule has 1 amide bonds. The zero-order valence-corrected chi connectivity index (χ0v) is 10.7. The molecule has 0 fully saturated rings. The predicted molar refractivity (Wildman–Crippen MR) is 69.7 cm³/mol. The summed E-state index contributed by atoms with van der Waals surface area (Å²) in [5.41, 5.74) is 3.06. The molecule has 2 aromatic rings. The van der Waals surface area contributed by atoms with Gasteiger partial charge in [0.1, 0.15) is 10.2 Å². The number of fused-ring (bicyclic) bond motifs is 1. The van der Waals surface area contributed by atoms with Gasteiger partial charge < -0.3 is 4.90 Å². The zero-order valence-electron chi connectivity index (χ0n) is 9.11. The molecule has 1 aliphatic rings. The number of anilines is 1. The van der Waals surface area contributed by atoms with Crippen LogP contribution >= 0.6 is 22.9 Å². The molecule has 2 heterocycles. The standard InChI is InChI=1S/C12H9ClN2OS/c1-15-9-3-2-7(4-8(9)5-11(15)16)12-14-10(13)6-17-12/h2-4,6H,5H2,1H3. The van der Waals surface area contributed by atoms with Crippen molar-refractivity contribution < 1.29 is 4.79 Å². The highest BCUT2D eigenvalue weighted by Crippen LogP contribution is 2.33. The van der Waals surface area contributed by atoms with Crippen LogP contribution in [0.25, 0.3) is 10.6 Å². The first-order chi connectivity index (χ1) is 8.15. The third-order valence-corrected chi connectivity index (χ3v) is 4.09. The van der Waals surface area contributed by atoms with Gasteiger partial charge in [-0.2, -0.15) is 0 Å². The van der Waals surface area contributed by atoms with Crippen molar-refractivity contribution in [2.75, 3.05) is 11.9 Å². The zero-order chi connectivity index (χ0) is 12.0. The van der Waals surface area contributed by atoms with E-state index in [0.29, 0.717) is 11.6 Å². The van der Waals surface area contributed by atoms with Gasteiger partial charge in [-0.15, -0.1) is 11.3 Å². The fraction of sp³-hybridized carbons (Fsp3) is 0.167. The van der Waals surface area contributed by atoms with E-state index in [1.807, 2.05) is 18.2 Å². The summed E-state index contributed by atoms with van der Waals surface area (Å²) in [6.07, 6.45) is 0.471. The number of rotatable bonds is 1. The number of hydrogen-bond acceptors (Lipinski definition) is 3. The van der Waals surface area contributed by atoms with Crippen molar-refractivity contribution in [3.05, 3.63) is 34.3 Å². The van der Waals surface area contributed by atoms with Crippen LogP contribution in [-0.4, -0.2) is 17.9 Å². The van der Waals surface area contributed by atoms with E-state index < -0.39 is 0 Å². The molecule has 86 valence electrons. The molecule has 1 aromatic carbocycles. The predicted octanol–water partition coefficient (Wildman–Crippen LogP) is 2.98. The Balaban J connectivity index is 2.06. The second-order valence-corrected chi connectivity index (χ2v) is 5.19. The van der Waals surface area contributed by atoms with Crippen LogP contribution in [0.4, 0.5) is 5.69 Å².